The molecule has 1 aromatic rings. The quantitative estimate of drug-likeness (QED) is 0.762. The number of hydrogen-bond acceptors (Lipinski definition) is 4. The van der Waals surface area contributed by atoms with Gasteiger partial charge >= 0.3 is 5.97 Å². The van der Waals surface area contributed by atoms with Crippen LogP contribution in [0.2, 0.25) is 0 Å². The number of halogens is 1. The number of ether oxygens (including phenoxy) is 1. The Bertz CT molecular complexity index is 381. The summed E-state index contributed by atoms with van der Waals surface area (Å²) in [6, 6.07) is 3.57. The minimum atomic E-state index is -0.509. The second kappa shape index (κ2) is 5.46. The average molecular weight is 227 g/mol. The van der Waals surface area contributed by atoms with Crippen LogP contribution in [0, 0.1) is 5.82 Å². The summed E-state index contributed by atoms with van der Waals surface area (Å²) in [5, 5.41) is 11.9. The molecule has 0 heterocycles. The van der Waals surface area contributed by atoms with Crippen LogP contribution >= 0.6 is 0 Å². The predicted molar refractivity (Wildman–Crippen MR) is 56.5 cm³/mol. The van der Waals surface area contributed by atoms with Crippen LogP contribution < -0.4 is 5.32 Å². The molecule has 0 saturated carbocycles. The third kappa shape index (κ3) is 3.20. The highest BCUT2D eigenvalue weighted by Gasteiger charge is 2.12. The Balaban J connectivity index is 2.65. The van der Waals surface area contributed by atoms with Gasteiger partial charge in [0.25, 0.3) is 0 Å². The van der Waals surface area contributed by atoms with E-state index in [1.165, 1.54) is 19.2 Å². The number of carbonyl (C=O) groups is 1. The Hall–Kier alpha value is -1.62. The monoisotopic (exact) mass is 227 g/mol. The molecule has 0 aromatic heterocycles. The molecule has 0 bridgehead atoms. The van der Waals surface area contributed by atoms with E-state index in [2.05, 4.69) is 10.1 Å². The van der Waals surface area contributed by atoms with Gasteiger partial charge in [-0.1, -0.05) is 6.07 Å². The standard InChI is InChI=1S/C11H14FNO3/c1-7(13-6-11(15)16-2)9-4-3-8(14)5-10(9)12/h3-5,7,13-14H,6H2,1-2H3. The van der Waals surface area contributed by atoms with Crippen LogP contribution in [0.1, 0.15) is 18.5 Å². The van der Waals surface area contributed by atoms with Gasteiger partial charge in [0.1, 0.15) is 11.6 Å². The van der Waals surface area contributed by atoms with Crippen LogP contribution in [0.15, 0.2) is 18.2 Å². The first kappa shape index (κ1) is 12.4. The third-order valence-electron chi connectivity index (χ3n) is 2.23. The molecule has 0 fully saturated rings. The lowest BCUT2D eigenvalue weighted by Gasteiger charge is -2.14. The molecule has 0 aliphatic heterocycles. The van der Waals surface area contributed by atoms with Gasteiger partial charge in [-0.25, -0.2) is 4.39 Å². The van der Waals surface area contributed by atoms with Crippen LogP contribution in [0.25, 0.3) is 0 Å². The normalized spacial score (nSPS) is 12.2. The fourth-order valence-corrected chi connectivity index (χ4v) is 1.29. The van der Waals surface area contributed by atoms with E-state index in [0.717, 1.165) is 6.07 Å². The fraction of sp³-hybridized carbons (Fsp3) is 0.364. The Morgan fingerprint density at radius 2 is 2.31 bits per heavy atom. The van der Waals surface area contributed by atoms with E-state index in [0.29, 0.717) is 5.56 Å². The van der Waals surface area contributed by atoms with E-state index < -0.39 is 11.8 Å². The lowest BCUT2D eigenvalue weighted by Crippen LogP contribution is -2.27. The van der Waals surface area contributed by atoms with Crippen LogP contribution in [-0.4, -0.2) is 24.7 Å². The molecule has 0 spiro atoms. The number of nitrogens with one attached hydrogen (secondary N) is 1. The Labute approximate surface area is 93.0 Å². The van der Waals surface area contributed by atoms with Gasteiger partial charge in [-0.2, -0.15) is 0 Å². The molecule has 1 aromatic carbocycles. The van der Waals surface area contributed by atoms with Crippen molar-refractivity contribution in [3.63, 3.8) is 0 Å². The number of phenols is 1. The number of methoxy groups -OCH3 is 1. The van der Waals surface area contributed by atoms with Crippen molar-refractivity contribution in [1.82, 2.24) is 5.32 Å². The summed E-state index contributed by atoms with van der Waals surface area (Å²) in [7, 11) is 1.29. The highest BCUT2D eigenvalue weighted by Crippen LogP contribution is 2.20. The maximum absolute atomic E-state index is 13.4. The largest absolute Gasteiger partial charge is 0.508 e. The lowest BCUT2D eigenvalue weighted by molar-refractivity contribution is -0.139. The summed E-state index contributed by atoms with van der Waals surface area (Å²) in [4.78, 5) is 10.9. The summed E-state index contributed by atoms with van der Waals surface area (Å²) in [5.74, 6) is -1.04. The van der Waals surface area contributed by atoms with E-state index in [9.17, 15) is 9.18 Å². The zero-order valence-corrected chi connectivity index (χ0v) is 9.16. The molecule has 16 heavy (non-hydrogen) atoms. The summed E-state index contributed by atoms with van der Waals surface area (Å²) in [6.45, 7) is 1.73. The topological polar surface area (TPSA) is 58.6 Å². The molecule has 1 rings (SSSR count). The van der Waals surface area contributed by atoms with E-state index in [1.807, 2.05) is 0 Å². The number of esters is 1. The molecule has 5 heteroatoms. The number of phenolic OH excluding ortho intramolecular Hbond substituents is 1. The summed E-state index contributed by atoms with van der Waals surface area (Å²) < 4.78 is 17.8. The van der Waals surface area contributed by atoms with E-state index >= 15 is 0 Å². The molecule has 4 nitrogen and oxygen atoms in total. The number of hydrogen-bond donors (Lipinski definition) is 2. The second-order valence-corrected chi connectivity index (χ2v) is 3.38. The number of benzene rings is 1. The first-order valence-electron chi connectivity index (χ1n) is 4.83. The summed E-state index contributed by atoms with van der Waals surface area (Å²) in [6.07, 6.45) is 0. The molecular formula is C11H14FNO3. The molecule has 0 aliphatic carbocycles. The van der Waals surface area contributed by atoms with E-state index in [4.69, 9.17) is 5.11 Å². The predicted octanol–water partition coefficient (Wildman–Crippen LogP) is 1.35. The van der Waals surface area contributed by atoms with Crippen LogP contribution in [0.4, 0.5) is 4.39 Å². The zero-order valence-electron chi connectivity index (χ0n) is 9.16. The van der Waals surface area contributed by atoms with Crippen molar-refractivity contribution in [3.8, 4) is 5.75 Å². The molecule has 0 amide bonds. The second-order valence-electron chi connectivity index (χ2n) is 3.38. The highest BCUT2D eigenvalue weighted by atomic mass is 19.1. The van der Waals surface area contributed by atoms with Gasteiger partial charge in [0.05, 0.1) is 13.7 Å². The van der Waals surface area contributed by atoms with E-state index in [1.54, 1.807) is 6.92 Å². The number of rotatable bonds is 4. The highest BCUT2D eigenvalue weighted by molar-refractivity contribution is 5.71. The Morgan fingerprint density at radius 3 is 2.88 bits per heavy atom. The first-order chi connectivity index (χ1) is 7.54. The van der Waals surface area contributed by atoms with Crippen molar-refractivity contribution in [1.29, 1.82) is 0 Å². The number of aromatic hydroxyl groups is 1. The van der Waals surface area contributed by atoms with Crippen molar-refractivity contribution < 1.29 is 19.0 Å². The first-order valence-corrected chi connectivity index (χ1v) is 4.83. The zero-order chi connectivity index (χ0) is 12.1. The Morgan fingerprint density at radius 1 is 1.62 bits per heavy atom. The van der Waals surface area contributed by atoms with Gasteiger partial charge in [-0.15, -0.1) is 0 Å². The molecule has 1 atom stereocenters. The van der Waals surface area contributed by atoms with Crippen molar-refractivity contribution in [2.45, 2.75) is 13.0 Å². The van der Waals surface area contributed by atoms with Gasteiger partial charge in [0, 0.05) is 17.7 Å². The smallest absolute Gasteiger partial charge is 0.319 e. The average Bonchev–Trinajstić information content (AvgIpc) is 2.25. The van der Waals surface area contributed by atoms with Crippen molar-refractivity contribution in [2.24, 2.45) is 0 Å². The van der Waals surface area contributed by atoms with Gasteiger partial charge in [0.15, 0.2) is 0 Å². The molecule has 2 N–H and O–H groups in total. The molecular weight excluding hydrogens is 213 g/mol. The van der Waals surface area contributed by atoms with Crippen LogP contribution in [0.3, 0.4) is 0 Å². The lowest BCUT2D eigenvalue weighted by atomic mass is 10.1. The van der Waals surface area contributed by atoms with Gasteiger partial charge in [-0.3, -0.25) is 4.79 Å². The van der Waals surface area contributed by atoms with E-state index in [-0.39, 0.29) is 18.3 Å². The molecule has 88 valence electrons. The van der Waals surface area contributed by atoms with Gasteiger partial charge in [0.2, 0.25) is 0 Å². The maximum atomic E-state index is 13.4. The molecule has 0 aliphatic rings. The van der Waals surface area contributed by atoms with Crippen molar-refractivity contribution in [2.75, 3.05) is 13.7 Å². The maximum Gasteiger partial charge on any atom is 0.319 e. The molecule has 0 saturated heterocycles. The SMILES string of the molecule is COC(=O)CNC(C)c1ccc(O)cc1F. The molecule has 0 radical (unpaired) electrons. The summed E-state index contributed by atoms with van der Waals surface area (Å²) >= 11 is 0. The van der Waals surface area contributed by atoms with Crippen LogP contribution in [-0.2, 0) is 9.53 Å². The Kier molecular flexibility index (Phi) is 4.25. The van der Waals surface area contributed by atoms with Gasteiger partial charge in [-0.05, 0) is 13.0 Å². The van der Waals surface area contributed by atoms with Crippen molar-refractivity contribution >= 4 is 5.97 Å². The van der Waals surface area contributed by atoms with Crippen molar-refractivity contribution in [3.05, 3.63) is 29.6 Å². The van der Waals surface area contributed by atoms with Gasteiger partial charge < -0.3 is 15.2 Å². The number of carbonyl (C=O) groups excluding carboxylic acids is 1. The third-order valence-corrected chi connectivity index (χ3v) is 2.23. The van der Waals surface area contributed by atoms with Crippen LogP contribution in [0.5, 0.6) is 5.75 Å². The fourth-order valence-electron chi connectivity index (χ4n) is 1.29. The summed E-state index contributed by atoms with van der Waals surface area (Å²) in [5.41, 5.74) is 0.390. The molecule has 1 unspecified atom stereocenters. The minimum absolute atomic E-state index is 0.0119. The minimum Gasteiger partial charge on any atom is -0.508 e.